The summed E-state index contributed by atoms with van der Waals surface area (Å²) < 4.78 is 24.9. The predicted octanol–water partition coefficient (Wildman–Crippen LogP) is -0.719. The van der Waals surface area contributed by atoms with Crippen LogP contribution in [0.4, 0.5) is 0 Å². The van der Waals surface area contributed by atoms with Crippen LogP contribution in [0.25, 0.3) is 0 Å². The van der Waals surface area contributed by atoms with Crippen LogP contribution in [0.3, 0.4) is 0 Å². The van der Waals surface area contributed by atoms with Crippen molar-refractivity contribution in [3.63, 3.8) is 0 Å². The molecule has 0 aliphatic rings. The number of rotatable bonds is 2. The quantitative estimate of drug-likeness (QED) is 0.660. The van der Waals surface area contributed by atoms with E-state index in [4.69, 9.17) is 10.5 Å². The maximum absolute atomic E-state index is 11.6. The van der Waals surface area contributed by atoms with Crippen molar-refractivity contribution in [1.29, 1.82) is 10.5 Å². The van der Waals surface area contributed by atoms with Crippen LogP contribution in [0.5, 0.6) is 0 Å². The second kappa shape index (κ2) is 3.69. The Labute approximate surface area is 87.0 Å². The smallest absolute Gasteiger partial charge is 0.223 e. The summed E-state index contributed by atoms with van der Waals surface area (Å²) in [4.78, 5) is 3.53. The van der Waals surface area contributed by atoms with Crippen molar-refractivity contribution >= 4 is 10.2 Å². The summed E-state index contributed by atoms with van der Waals surface area (Å²) in [6.07, 6.45) is 0.937. The number of hydrogen-bond acceptors (Lipinski definition) is 5. The first-order valence-corrected chi connectivity index (χ1v) is 5.15. The van der Waals surface area contributed by atoms with Gasteiger partial charge in [-0.3, -0.25) is 0 Å². The zero-order valence-electron chi connectivity index (χ0n) is 8.04. The van der Waals surface area contributed by atoms with Gasteiger partial charge >= 0.3 is 10.2 Å². The van der Waals surface area contributed by atoms with Gasteiger partial charge in [0.25, 0.3) is 0 Å². The number of hydrogen-bond donors (Lipinski definition) is 0. The van der Waals surface area contributed by atoms with Gasteiger partial charge in [0.1, 0.15) is 18.5 Å². The highest BCUT2D eigenvalue weighted by Crippen LogP contribution is 2.09. The van der Waals surface area contributed by atoms with E-state index >= 15 is 0 Å². The van der Waals surface area contributed by atoms with Gasteiger partial charge in [0, 0.05) is 14.1 Å². The largest absolute Gasteiger partial charge is 0.309 e. The Balaban J connectivity index is 3.50. The fourth-order valence-electron chi connectivity index (χ4n) is 0.868. The summed E-state index contributed by atoms with van der Waals surface area (Å²) in [5.41, 5.74) is -0.492. The molecule has 1 rings (SSSR count). The lowest BCUT2D eigenvalue weighted by Gasteiger charge is -2.11. The normalized spacial score (nSPS) is 11.0. The molecule has 0 spiro atoms. The van der Waals surface area contributed by atoms with Crippen LogP contribution in [0.2, 0.25) is 0 Å². The van der Waals surface area contributed by atoms with E-state index in [0.29, 0.717) is 3.97 Å². The van der Waals surface area contributed by atoms with Gasteiger partial charge in [0.15, 0.2) is 11.4 Å². The Morgan fingerprint density at radius 1 is 1.40 bits per heavy atom. The van der Waals surface area contributed by atoms with Gasteiger partial charge in [-0.25, -0.2) is 8.96 Å². The molecule has 8 heteroatoms. The van der Waals surface area contributed by atoms with Gasteiger partial charge in [-0.05, 0) is 0 Å². The lowest BCUT2D eigenvalue weighted by molar-refractivity contribution is 0.510. The molecule has 0 aromatic carbocycles. The molecule has 0 saturated heterocycles. The van der Waals surface area contributed by atoms with E-state index in [9.17, 15) is 8.42 Å². The predicted molar refractivity (Wildman–Crippen MR) is 49.7 cm³/mol. The van der Waals surface area contributed by atoms with Crippen molar-refractivity contribution in [2.45, 2.75) is 0 Å². The standard InChI is InChI=1S/C7H7N5O2S/c1-11(2)15(13,14)12-5-10-6(3-8)7(12)4-9/h5H,1-2H3. The molecule has 0 fully saturated rings. The van der Waals surface area contributed by atoms with Crippen LogP contribution < -0.4 is 0 Å². The molecule has 1 heterocycles. The Bertz CT molecular complexity index is 557. The molecule has 1 aromatic rings. The highest BCUT2D eigenvalue weighted by Gasteiger charge is 2.22. The molecule has 7 nitrogen and oxygen atoms in total. The second-order valence-electron chi connectivity index (χ2n) is 2.75. The van der Waals surface area contributed by atoms with Crippen molar-refractivity contribution < 1.29 is 8.42 Å². The van der Waals surface area contributed by atoms with Crippen molar-refractivity contribution in [2.75, 3.05) is 14.1 Å². The fourth-order valence-corrected chi connectivity index (χ4v) is 1.74. The van der Waals surface area contributed by atoms with E-state index in [1.807, 2.05) is 0 Å². The summed E-state index contributed by atoms with van der Waals surface area (Å²) in [5.74, 6) is 0. The average Bonchev–Trinajstić information content (AvgIpc) is 2.60. The maximum Gasteiger partial charge on any atom is 0.309 e. The van der Waals surface area contributed by atoms with Crippen molar-refractivity contribution in [3.05, 3.63) is 17.7 Å². The average molecular weight is 225 g/mol. The van der Waals surface area contributed by atoms with E-state index in [1.165, 1.54) is 14.1 Å². The van der Waals surface area contributed by atoms with E-state index < -0.39 is 10.2 Å². The van der Waals surface area contributed by atoms with Gasteiger partial charge < -0.3 is 0 Å². The van der Waals surface area contributed by atoms with Crippen molar-refractivity contribution in [1.82, 2.24) is 13.3 Å². The first kappa shape index (κ1) is 11.2. The first-order valence-electron chi connectivity index (χ1n) is 3.75. The minimum atomic E-state index is -3.80. The molecule has 78 valence electrons. The molecule has 0 unspecified atom stereocenters. The molecule has 1 aromatic heterocycles. The SMILES string of the molecule is CN(C)S(=O)(=O)n1cnc(C#N)c1C#N. The molecule has 0 N–H and O–H groups in total. The van der Waals surface area contributed by atoms with Crippen LogP contribution in [-0.4, -0.2) is 35.8 Å². The Morgan fingerprint density at radius 3 is 2.40 bits per heavy atom. The van der Waals surface area contributed by atoms with Gasteiger partial charge in [0.05, 0.1) is 0 Å². The van der Waals surface area contributed by atoms with E-state index in [-0.39, 0.29) is 11.4 Å². The summed E-state index contributed by atoms with van der Waals surface area (Å²) in [6.45, 7) is 0. The minimum absolute atomic E-state index is 0.206. The highest BCUT2D eigenvalue weighted by atomic mass is 32.2. The third-order valence-electron chi connectivity index (χ3n) is 1.66. The van der Waals surface area contributed by atoms with E-state index in [2.05, 4.69) is 4.98 Å². The number of imidazole rings is 1. The van der Waals surface area contributed by atoms with Gasteiger partial charge in [-0.15, -0.1) is 0 Å². The molecule has 0 atom stereocenters. The number of nitriles is 2. The Kier molecular flexibility index (Phi) is 2.75. The summed E-state index contributed by atoms with van der Waals surface area (Å²) >= 11 is 0. The van der Waals surface area contributed by atoms with E-state index in [1.54, 1.807) is 12.1 Å². The zero-order valence-corrected chi connectivity index (χ0v) is 8.85. The van der Waals surface area contributed by atoms with Crippen LogP contribution in [0, 0.1) is 22.7 Å². The van der Waals surface area contributed by atoms with Gasteiger partial charge in [-0.1, -0.05) is 0 Å². The Morgan fingerprint density at radius 2 is 2.00 bits per heavy atom. The van der Waals surface area contributed by atoms with Crippen LogP contribution in [-0.2, 0) is 10.2 Å². The molecule has 15 heavy (non-hydrogen) atoms. The van der Waals surface area contributed by atoms with Gasteiger partial charge in [-0.2, -0.15) is 23.2 Å². The summed E-state index contributed by atoms with van der Waals surface area (Å²) in [5, 5.41) is 17.3. The van der Waals surface area contributed by atoms with Crippen LogP contribution in [0.15, 0.2) is 6.33 Å². The lowest BCUT2D eigenvalue weighted by Crippen LogP contribution is -2.29. The summed E-state index contributed by atoms with van der Waals surface area (Å²) in [6, 6.07) is 3.27. The molecule has 0 radical (unpaired) electrons. The van der Waals surface area contributed by atoms with Crippen LogP contribution >= 0.6 is 0 Å². The maximum atomic E-state index is 11.6. The molecule has 0 amide bonds. The Hall–Kier alpha value is -1.90. The van der Waals surface area contributed by atoms with Crippen molar-refractivity contribution in [2.24, 2.45) is 0 Å². The third-order valence-corrected chi connectivity index (χ3v) is 3.36. The first-order chi connectivity index (χ1) is 6.95. The molecule has 0 saturated carbocycles. The second-order valence-corrected chi connectivity index (χ2v) is 4.77. The lowest BCUT2D eigenvalue weighted by atomic mass is 10.4. The topological polar surface area (TPSA) is 103 Å². The molecule has 0 bridgehead atoms. The molecular formula is C7H7N5O2S. The fraction of sp³-hybridized carbons (Fsp3) is 0.286. The molecule has 0 aliphatic carbocycles. The van der Waals surface area contributed by atoms with E-state index in [0.717, 1.165) is 10.6 Å². The van der Waals surface area contributed by atoms with Gasteiger partial charge in [0.2, 0.25) is 0 Å². The molecular weight excluding hydrogens is 218 g/mol. The number of aromatic nitrogens is 2. The summed E-state index contributed by atoms with van der Waals surface area (Å²) in [7, 11) is -1.15. The zero-order chi connectivity index (χ0) is 11.6. The minimum Gasteiger partial charge on any atom is -0.223 e. The highest BCUT2D eigenvalue weighted by molar-refractivity contribution is 7.87. The monoisotopic (exact) mass is 225 g/mol. The van der Waals surface area contributed by atoms with Crippen LogP contribution in [0.1, 0.15) is 11.4 Å². The number of nitrogens with zero attached hydrogens (tertiary/aromatic N) is 5. The third kappa shape index (κ3) is 1.68. The van der Waals surface area contributed by atoms with Crippen molar-refractivity contribution in [3.8, 4) is 12.1 Å². The molecule has 0 aliphatic heterocycles.